The Morgan fingerprint density at radius 3 is 2.40 bits per heavy atom. The average molecular weight is 339 g/mol. The molecular weight excluding hydrogens is 314 g/mol. The number of amides is 2. The zero-order chi connectivity index (χ0) is 18.1. The summed E-state index contributed by atoms with van der Waals surface area (Å²) in [6.07, 6.45) is 2.77. The normalized spacial score (nSPS) is 11.8. The molecule has 0 saturated carbocycles. The SMILES string of the molecule is CC(C)CC(=O)NC(C(=O)NCCc1ccccn1)c1ccccc1. The first kappa shape index (κ1) is 18.6. The van der Waals surface area contributed by atoms with E-state index in [1.807, 2.05) is 62.4 Å². The molecule has 0 aliphatic carbocycles. The van der Waals surface area contributed by atoms with Crippen LogP contribution in [-0.4, -0.2) is 23.3 Å². The molecule has 5 nitrogen and oxygen atoms in total. The third-order valence-corrected chi connectivity index (χ3v) is 3.70. The zero-order valence-electron chi connectivity index (χ0n) is 14.7. The fraction of sp³-hybridized carbons (Fsp3) is 0.350. The van der Waals surface area contributed by atoms with Gasteiger partial charge in [0, 0.05) is 31.3 Å². The summed E-state index contributed by atoms with van der Waals surface area (Å²) < 4.78 is 0. The highest BCUT2D eigenvalue weighted by atomic mass is 16.2. The molecule has 0 saturated heterocycles. The van der Waals surface area contributed by atoms with E-state index in [1.165, 1.54) is 0 Å². The van der Waals surface area contributed by atoms with Gasteiger partial charge in [0.1, 0.15) is 6.04 Å². The molecule has 1 unspecified atom stereocenters. The van der Waals surface area contributed by atoms with E-state index in [9.17, 15) is 9.59 Å². The van der Waals surface area contributed by atoms with E-state index < -0.39 is 6.04 Å². The molecule has 0 radical (unpaired) electrons. The molecule has 1 atom stereocenters. The van der Waals surface area contributed by atoms with Crippen molar-refractivity contribution in [2.24, 2.45) is 5.92 Å². The maximum absolute atomic E-state index is 12.6. The lowest BCUT2D eigenvalue weighted by atomic mass is 10.0. The van der Waals surface area contributed by atoms with Crippen LogP contribution in [0, 0.1) is 5.92 Å². The highest BCUT2D eigenvalue weighted by Gasteiger charge is 2.22. The number of nitrogens with one attached hydrogen (secondary N) is 2. The summed E-state index contributed by atoms with van der Waals surface area (Å²) in [6, 6.07) is 14.3. The van der Waals surface area contributed by atoms with Gasteiger partial charge in [-0.2, -0.15) is 0 Å². The number of carbonyl (C=O) groups is 2. The highest BCUT2D eigenvalue weighted by molar-refractivity contribution is 5.88. The van der Waals surface area contributed by atoms with Crippen LogP contribution < -0.4 is 10.6 Å². The van der Waals surface area contributed by atoms with Gasteiger partial charge in [0.25, 0.3) is 0 Å². The molecule has 2 aromatic rings. The standard InChI is InChI=1S/C20H25N3O2/c1-15(2)14-18(24)23-19(16-8-4-3-5-9-16)20(25)22-13-11-17-10-6-7-12-21-17/h3-10,12,15,19H,11,13-14H2,1-2H3,(H,22,25)(H,23,24). The summed E-state index contributed by atoms with van der Waals surface area (Å²) in [5, 5.41) is 5.74. The number of benzene rings is 1. The molecule has 0 fully saturated rings. The molecule has 1 aromatic carbocycles. The van der Waals surface area contributed by atoms with E-state index in [1.54, 1.807) is 6.20 Å². The Morgan fingerprint density at radius 2 is 1.76 bits per heavy atom. The monoisotopic (exact) mass is 339 g/mol. The van der Waals surface area contributed by atoms with Gasteiger partial charge in [-0.1, -0.05) is 50.2 Å². The molecular formula is C20H25N3O2. The van der Waals surface area contributed by atoms with Crippen LogP contribution in [0.15, 0.2) is 54.7 Å². The van der Waals surface area contributed by atoms with Gasteiger partial charge >= 0.3 is 0 Å². The smallest absolute Gasteiger partial charge is 0.247 e. The lowest BCUT2D eigenvalue weighted by Crippen LogP contribution is -2.41. The van der Waals surface area contributed by atoms with Gasteiger partial charge < -0.3 is 10.6 Å². The number of pyridine rings is 1. The Morgan fingerprint density at radius 1 is 1.04 bits per heavy atom. The van der Waals surface area contributed by atoms with E-state index in [0.29, 0.717) is 19.4 Å². The van der Waals surface area contributed by atoms with Gasteiger partial charge in [0.15, 0.2) is 0 Å². The molecule has 1 aromatic heterocycles. The zero-order valence-corrected chi connectivity index (χ0v) is 14.7. The quantitative estimate of drug-likeness (QED) is 0.777. The van der Waals surface area contributed by atoms with Crippen molar-refractivity contribution < 1.29 is 9.59 Å². The number of hydrogen-bond acceptors (Lipinski definition) is 3. The molecule has 0 bridgehead atoms. The first-order valence-corrected chi connectivity index (χ1v) is 8.58. The maximum atomic E-state index is 12.6. The second-order valence-electron chi connectivity index (χ2n) is 6.37. The first-order valence-electron chi connectivity index (χ1n) is 8.58. The van der Waals surface area contributed by atoms with Crippen LogP contribution in [0.3, 0.4) is 0 Å². The van der Waals surface area contributed by atoms with Crippen molar-refractivity contribution >= 4 is 11.8 Å². The van der Waals surface area contributed by atoms with E-state index >= 15 is 0 Å². The van der Waals surface area contributed by atoms with Crippen molar-refractivity contribution in [3.05, 3.63) is 66.0 Å². The van der Waals surface area contributed by atoms with Crippen LogP contribution in [0.5, 0.6) is 0 Å². The third kappa shape index (κ3) is 6.37. The van der Waals surface area contributed by atoms with Crippen LogP contribution >= 0.6 is 0 Å². The molecule has 2 rings (SSSR count). The van der Waals surface area contributed by atoms with Crippen LogP contribution in [-0.2, 0) is 16.0 Å². The van der Waals surface area contributed by atoms with Gasteiger partial charge in [-0.05, 0) is 23.6 Å². The molecule has 2 amide bonds. The van der Waals surface area contributed by atoms with Crippen molar-refractivity contribution in [2.75, 3.05) is 6.54 Å². The molecule has 132 valence electrons. The topological polar surface area (TPSA) is 71.1 Å². The summed E-state index contributed by atoms with van der Waals surface area (Å²) in [4.78, 5) is 29.0. The van der Waals surface area contributed by atoms with E-state index in [2.05, 4.69) is 15.6 Å². The lowest BCUT2D eigenvalue weighted by Gasteiger charge is -2.19. The summed E-state index contributed by atoms with van der Waals surface area (Å²) in [5.74, 6) is -0.0911. The van der Waals surface area contributed by atoms with Crippen LogP contribution in [0.4, 0.5) is 0 Å². The predicted molar refractivity (Wildman–Crippen MR) is 97.7 cm³/mol. The van der Waals surface area contributed by atoms with Gasteiger partial charge in [-0.3, -0.25) is 14.6 Å². The Labute approximate surface area is 148 Å². The Balaban J connectivity index is 1.98. The van der Waals surface area contributed by atoms with Crippen LogP contribution in [0.25, 0.3) is 0 Å². The number of nitrogens with zero attached hydrogens (tertiary/aromatic N) is 1. The second kappa shape index (κ2) is 9.57. The molecule has 0 spiro atoms. The van der Waals surface area contributed by atoms with Gasteiger partial charge in [0.05, 0.1) is 0 Å². The Bertz CT molecular complexity index is 672. The largest absolute Gasteiger partial charge is 0.354 e. The van der Waals surface area contributed by atoms with Crippen molar-refractivity contribution in [2.45, 2.75) is 32.7 Å². The minimum atomic E-state index is -0.684. The Hall–Kier alpha value is -2.69. The summed E-state index contributed by atoms with van der Waals surface area (Å²) >= 11 is 0. The first-order chi connectivity index (χ1) is 12.1. The van der Waals surface area contributed by atoms with Crippen molar-refractivity contribution in [1.82, 2.24) is 15.6 Å². The van der Waals surface area contributed by atoms with Crippen molar-refractivity contribution in [3.8, 4) is 0 Å². The number of rotatable bonds is 8. The Kier molecular flexibility index (Phi) is 7.14. The number of carbonyl (C=O) groups excluding carboxylic acids is 2. The van der Waals surface area contributed by atoms with Gasteiger partial charge in [0.2, 0.25) is 11.8 Å². The molecule has 2 N–H and O–H groups in total. The fourth-order valence-corrected chi connectivity index (χ4v) is 2.50. The number of aromatic nitrogens is 1. The van der Waals surface area contributed by atoms with Crippen molar-refractivity contribution in [1.29, 1.82) is 0 Å². The maximum Gasteiger partial charge on any atom is 0.247 e. The third-order valence-electron chi connectivity index (χ3n) is 3.70. The number of hydrogen-bond donors (Lipinski definition) is 2. The van der Waals surface area contributed by atoms with Gasteiger partial charge in [-0.25, -0.2) is 0 Å². The van der Waals surface area contributed by atoms with Crippen LogP contribution in [0.1, 0.15) is 37.6 Å². The van der Waals surface area contributed by atoms with Crippen molar-refractivity contribution in [3.63, 3.8) is 0 Å². The van der Waals surface area contributed by atoms with E-state index in [0.717, 1.165) is 11.3 Å². The molecule has 0 aliphatic rings. The minimum absolute atomic E-state index is 0.122. The second-order valence-corrected chi connectivity index (χ2v) is 6.37. The van der Waals surface area contributed by atoms with E-state index in [-0.39, 0.29) is 17.7 Å². The summed E-state index contributed by atoms with van der Waals surface area (Å²) in [7, 11) is 0. The lowest BCUT2D eigenvalue weighted by molar-refractivity contribution is -0.129. The molecule has 1 heterocycles. The molecule has 0 aliphatic heterocycles. The molecule has 5 heteroatoms. The highest BCUT2D eigenvalue weighted by Crippen LogP contribution is 2.14. The van der Waals surface area contributed by atoms with E-state index in [4.69, 9.17) is 0 Å². The average Bonchev–Trinajstić information content (AvgIpc) is 2.60. The predicted octanol–water partition coefficient (Wildman–Crippen LogP) is 2.64. The molecule has 25 heavy (non-hydrogen) atoms. The van der Waals surface area contributed by atoms with Crippen LogP contribution in [0.2, 0.25) is 0 Å². The fourth-order valence-electron chi connectivity index (χ4n) is 2.50. The summed E-state index contributed by atoms with van der Waals surface area (Å²) in [6.45, 7) is 4.42. The summed E-state index contributed by atoms with van der Waals surface area (Å²) in [5.41, 5.74) is 1.69. The van der Waals surface area contributed by atoms with Gasteiger partial charge in [-0.15, -0.1) is 0 Å². The minimum Gasteiger partial charge on any atom is -0.354 e.